The van der Waals surface area contributed by atoms with E-state index in [0.29, 0.717) is 11.0 Å². The third kappa shape index (κ3) is 3.60. The highest BCUT2D eigenvalue weighted by Gasteiger charge is 2.14. The predicted molar refractivity (Wildman–Crippen MR) is 80.4 cm³/mol. The van der Waals surface area contributed by atoms with Crippen LogP contribution >= 0.6 is 0 Å². The number of sulfone groups is 1. The number of rotatable bonds is 6. The molecule has 1 aromatic heterocycles. The van der Waals surface area contributed by atoms with Gasteiger partial charge >= 0.3 is 5.97 Å². The van der Waals surface area contributed by atoms with E-state index >= 15 is 0 Å². The lowest BCUT2D eigenvalue weighted by Gasteiger charge is -2.08. The molecule has 7 heteroatoms. The summed E-state index contributed by atoms with van der Waals surface area (Å²) in [6.07, 6.45) is 2.79. The first-order valence-corrected chi connectivity index (χ1v) is 8.78. The first-order valence-electron chi connectivity index (χ1n) is 6.72. The first kappa shape index (κ1) is 15.5. The summed E-state index contributed by atoms with van der Waals surface area (Å²) >= 11 is 0. The van der Waals surface area contributed by atoms with Gasteiger partial charge in [0.1, 0.15) is 15.7 Å². The number of benzene rings is 1. The Hall–Kier alpha value is -1.89. The zero-order chi connectivity index (χ0) is 15.6. The number of hydrogen-bond donors (Lipinski definition) is 1. The van der Waals surface area contributed by atoms with E-state index < -0.39 is 15.8 Å². The van der Waals surface area contributed by atoms with Crippen LogP contribution in [0.25, 0.3) is 11.0 Å². The molecule has 0 atom stereocenters. The van der Waals surface area contributed by atoms with Crippen LogP contribution in [0, 0.1) is 0 Å². The molecule has 114 valence electrons. The Morgan fingerprint density at radius 1 is 1.38 bits per heavy atom. The standard InChI is InChI=1S/C14H18N2O4S/c1-3-4-13-15-11-6-5-10(14(17)18)9-12(11)16(13)7-8-21(2,19)20/h5-6,9H,3-4,7-8H2,1-2H3,(H,17,18). The summed E-state index contributed by atoms with van der Waals surface area (Å²) < 4.78 is 24.6. The van der Waals surface area contributed by atoms with Gasteiger partial charge in [-0.1, -0.05) is 6.92 Å². The van der Waals surface area contributed by atoms with E-state index in [-0.39, 0.29) is 17.9 Å². The number of aromatic carboxylic acids is 1. The first-order chi connectivity index (χ1) is 9.81. The molecule has 1 aromatic carbocycles. The molecule has 0 fully saturated rings. The van der Waals surface area contributed by atoms with E-state index in [1.165, 1.54) is 12.3 Å². The number of hydrogen-bond acceptors (Lipinski definition) is 4. The molecular weight excluding hydrogens is 292 g/mol. The Morgan fingerprint density at radius 3 is 2.67 bits per heavy atom. The van der Waals surface area contributed by atoms with E-state index in [2.05, 4.69) is 4.98 Å². The Labute approximate surface area is 123 Å². The smallest absolute Gasteiger partial charge is 0.335 e. The number of carbonyl (C=O) groups is 1. The van der Waals surface area contributed by atoms with Crippen molar-refractivity contribution in [1.29, 1.82) is 0 Å². The molecule has 0 unspecified atom stereocenters. The monoisotopic (exact) mass is 310 g/mol. The van der Waals surface area contributed by atoms with Crippen molar-refractivity contribution in [3.05, 3.63) is 29.6 Å². The van der Waals surface area contributed by atoms with Gasteiger partial charge < -0.3 is 9.67 Å². The highest BCUT2D eigenvalue weighted by molar-refractivity contribution is 7.90. The second kappa shape index (κ2) is 5.85. The number of imidazole rings is 1. The van der Waals surface area contributed by atoms with Gasteiger partial charge in [-0.3, -0.25) is 0 Å². The number of aryl methyl sites for hydroxylation is 2. The number of nitrogens with zero attached hydrogens (tertiary/aromatic N) is 2. The van der Waals surface area contributed by atoms with Crippen molar-refractivity contribution in [3.8, 4) is 0 Å². The van der Waals surface area contributed by atoms with Crippen LogP contribution in [0.2, 0.25) is 0 Å². The molecule has 0 aliphatic carbocycles. The third-order valence-corrected chi connectivity index (χ3v) is 4.16. The maximum Gasteiger partial charge on any atom is 0.335 e. The molecule has 1 N–H and O–H groups in total. The molecule has 2 aromatic rings. The van der Waals surface area contributed by atoms with Crippen LogP contribution in [0.15, 0.2) is 18.2 Å². The van der Waals surface area contributed by atoms with Crippen molar-refractivity contribution >= 4 is 26.8 Å². The fourth-order valence-electron chi connectivity index (χ4n) is 2.23. The summed E-state index contributed by atoms with van der Waals surface area (Å²) in [6, 6.07) is 4.72. The van der Waals surface area contributed by atoms with E-state index in [1.807, 2.05) is 11.5 Å². The zero-order valence-corrected chi connectivity index (χ0v) is 12.9. The van der Waals surface area contributed by atoms with Crippen molar-refractivity contribution in [2.24, 2.45) is 0 Å². The summed E-state index contributed by atoms with van der Waals surface area (Å²) in [6.45, 7) is 2.30. The van der Waals surface area contributed by atoms with Gasteiger partial charge in [-0.05, 0) is 24.6 Å². The third-order valence-electron chi connectivity index (χ3n) is 3.23. The van der Waals surface area contributed by atoms with Crippen LogP contribution < -0.4 is 0 Å². The second-order valence-electron chi connectivity index (χ2n) is 5.07. The lowest BCUT2D eigenvalue weighted by atomic mass is 10.2. The number of carboxylic acid groups (broad SMARTS) is 1. The lowest BCUT2D eigenvalue weighted by molar-refractivity contribution is 0.0697. The van der Waals surface area contributed by atoms with E-state index in [1.54, 1.807) is 12.1 Å². The van der Waals surface area contributed by atoms with Crippen molar-refractivity contribution < 1.29 is 18.3 Å². The summed E-state index contributed by atoms with van der Waals surface area (Å²) in [4.78, 5) is 15.6. The van der Waals surface area contributed by atoms with E-state index in [0.717, 1.165) is 18.7 Å². The minimum Gasteiger partial charge on any atom is -0.478 e. The summed E-state index contributed by atoms with van der Waals surface area (Å²) in [5, 5.41) is 9.08. The summed E-state index contributed by atoms with van der Waals surface area (Å²) in [7, 11) is -3.09. The molecule has 2 rings (SSSR count). The largest absolute Gasteiger partial charge is 0.478 e. The van der Waals surface area contributed by atoms with Crippen molar-refractivity contribution in [2.75, 3.05) is 12.0 Å². The van der Waals surface area contributed by atoms with Crippen LogP contribution in [-0.2, 0) is 22.8 Å². The molecule has 0 aliphatic heterocycles. The lowest BCUT2D eigenvalue weighted by Crippen LogP contribution is -2.13. The van der Waals surface area contributed by atoms with Crippen LogP contribution in [0.4, 0.5) is 0 Å². The predicted octanol–water partition coefficient (Wildman–Crippen LogP) is 1.73. The molecular formula is C14H18N2O4S. The molecule has 6 nitrogen and oxygen atoms in total. The Morgan fingerprint density at radius 2 is 2.10 bits per heavy atom. The highest BCUT2D eigenvalue weighted by Crippen LogP contribution is 2.19. The summed E-state index contributed by atoms with van der Waals surface area (Å²) in [5.74, 6) is -0.213. The minimum atomic E-state index is -3.09. The highest BCUT2D eigenvalue weighted by atomic mass is 32.2. The molecule has 21 heavy (non-hydrogen) atoms. The normalized spacial score (nSPS) is 11.9. The van der Waals surface area contributed by atoms with Crippen LogP contribution in [0.1, 0.15) is 29.5 Å². The minimum absolute atomic E-state index is 0.00642. The van der Waals surface area contributed by atoms with Gasteiger partial charge in [0.2, 0.25) is 0 Å². The van der Waals surface area contributed by atoms with Crippen LogP contribution in [0.5, 0.6) is 0 Å². The van der Waals surface area contributed by atoms with Gasteiger partial charge in [0.25, 0.3) is 0 Å². The van der Waals surface area contributed by atoms with Gasteiger partial charge in [0.15, 0.2) is 0 Å². The molecule has 0 spiro atoms. The van der Waals surface area contributed by atoms with E-state index in [9.17, 15) is 13.2 Å². The van der Waals surface area contributed by atoms with Gasteiger partial charge in [-0.25, -0.2) is 18.2 Å². The number of carboxylic acids is 1. The molecule has 0 saturated heterocycles. The number of aromatic nitrogens is 2. The second-order valence-corrected chi connectivity index (χ2v) is 7.33. The molecule has 0 bridgehead atoms. The maximum absolute atomic E-state index is 11.4. The molecule has 1 heterocycles. The van der Waals surface area contributed by atoms with Crippen molar-refractivity contribution in [2.45, 2.75) is 26.3 Å². The van der Waals surface area contributed by atoms with Gasteiger partial charge in [-0.2, -0.15) is 0 Å². The fourth-order valence-corrected chi connectivity index (χ4v) is 2.74. The van der Waals surface area contributed by atoms with Crippen molar-refractivity contribution in [1.82, 2.24) is 9.55 Å². The Bertz CT molecular complexity index is 778. The molecule has 0 radical (unpaired) electrons. The maximum atomic E-state index is 11.4. The average molecular weight is 310 g/mol. The molecule has 0 saturated carbocycles. The average Bonchev–Trinajstić information content (AvgIpc) is 2.72. The van der Waals surface area contributed by atoms with Crippen LogP contribution in [-0.4, -0.2) is 41.1 Å². The number of fused-ring (bicyclic) bond motifs is 1. The van der Waals surface area contributed by atoms with Gasteiger partial charge in [0, 0.05) is 19.2 Å². The van der Waals surface area contributed by atoms with Crippen molar-refractivity contribution in [3.63, 3.8) is 0 Å². The molecule has 0 aliphatic rings. The fraction of sp³-hybridized carbons (Fsp3) is 0.429. The zero-order valence-electron chi connectivity index (χ0n) is 12.0. The van der Waals surface area contributed by atoms with Gasteiger partial charge in [0.05, 0.1) is 22.3 Å². The topological polar surface area (TPSA) is 89.3 Å². The van der Waals surface area contributed by atoms with E-state index in [4.69, 9.17) is 5.11 Å². The quantitative estimate of drug-likeness (QED) is 0.877. The van der Waals surface area contributed by atoms with Gasteiger partial charge in [-0.15, -0.1) is 0 Å². The Balaban J connectivity index is 2.53. The Kier molecular flexibility index (Phi) is 4.32. The van der Waals surface area contributed by atoms with Crippen LogP contribution in [0.3, 0.4) is 0 Å². The SMILES string of the molecule is CCCc1nc2ccc(C(=O)O)cc2n1CCS(C)(=O)=O. The molecule has 0 amide bonds. The summed E-state index contributed by atoms with van der Waals surface area (Å²) in [5.41, 5.74) is 1.53.